The molecule has 1 atom stereocenters. The summed E-state index contributed by atoms with van der Waals surface area (Å²) in [6, 6.07) is 1.82. The summed E-state index contributed by atoms with van der Waals surface area (Å²) in [5, 5.41) is 10.6. The second-order valence-electron chi connectivity index (χ2n) is 5.79. The van der Waals surface area contributed by atoms with Gasteiger partial charge in [0.15, 0.2) is 14.9 Å². The van der Waals surface area contributed by atoms with Gasteiger partial charge in [0.25, 0.3) is 0 Å². The molecule has 0 radical (unpaired) electrons. The molecule has 0 aromatic carbocycles. The molecular formula is C15H18N2O4S. The van der Waals surface area contributed by atoms with Crippen LogP contribution in [0.15, 0.2) is 11.1 Å². The Hall–Kier alpha value is -1.89. The van der Waals surface area contributed by atoms with E-state index in [-0.39, 0.29) is 17.4 Å². The highest BCUT2D eigenvalue weighted by molar-refractivity contribution is 7.99. The van der Waals surface area contributed by atoms with Crippen LogP contribution in [0.1, 0.15) is 37.3 Å². The highest BCUT2D eigenvalue weighted by Crippen LogP contribution is 2.28. The fraction of sp³-hybridized carbons (Fsp3) is 0.467. The Morgan fingerprint density at radius 1 is 1.50 bits per heavy atom. The zero-order valence-corrected chi connectivity index (χ0v) is 13.1. The molecule has 3 heterocycles. The van der Waals surface area contributed by atoms with Gasteiger partial charge in [-0.1, -0.05) is 6.08 Å². The first-order valence-corrected chi connectivity index (χ1v) is 9.15. The molecule has 0 bridgehead atoms. The van der Waals surface area contributed by atoms with E-state index in [1.54, 1.807) is 6.21 Å². The minimum Gasteiger partial charge on any atom is -0.481 e. The number of aliphatic imine (C=N–C) groups is 1. The van der Waals surface area contributed by atoms with Gasteiger partial charge in [-0.2, -0.15) is 0 Å². The van der Waals surface area contributed by atoms with Gasteiger partial charge in [0, 0.05) is 47.6 Å². The van der Waals surface area contributed by atoms with Crippen LogP contribution in [-0.4, -0.2) is 36.5 Å². The maximum atomic E-state index is 12.0. The third kappa shape index (κ3) is 2.61. The van der Waals surface area contributed by atoms with E-state index < -0.39 is 15.8 Å². The zero-order chi connectivity index (χ0) is 15.9. The Kier molecular flexibility index (Phi) is 3.68. The number of rotatable bonds is 3. The van der Waals surface area contributed by atoms with Gasteiger partial charge >= 0.3 is 5.97 Å². The third-order valence-corrected chi connectivity index (χ3v) is 5.18. The number of carbonyl (C=O) groups is 1. The van der Waals surface area contributed by atoms with Crippen LogP contribution < -0.4 is 10.6 Å². The summed E-state index contributed by atoms with van der Waals surface area (Å²) in [5.74, 6) is -0.902. The number of hydrogen-bond donors (Lipinski definition) is 1. The van der Waals surface area contributed by atoms with E-state index in [0.717, 1.165) is 36.7 Å². The quantitative estimate of drug-likeness (QED) is 0.861. The molecule has 0 aliphatic carbocycles. The largest absolute Gasteiger partial charge is 0.481 e. The third-order valence-electron chi connectivity index (χ3n) is 4.15. The Bertz CT molecular complexity index is 877. The number of carboxylic acid groups (broad SMARTS) is 1. The molecule has 0 spiro atoms. The molecule has 6 nitrogen and oxygen atoms in total. The molecule has 2 aliphatic rings. The summed E-state index contributed by atoms with van der Waals surface area (Å²) in [6.07, 6.45) is 7.06. The van der Waals surface area contributed by atoms with Crippen LogP contribution in [0.2, 0.25) is 0 Å². The van der Waals surface area contributed by atoms with E-state index in [0.29, 0.717) is 11.6 Å². The molecule has 3 rings (SSSR count). The molecule has 1 aromatic heterocycles. The van der Waals surface area contributed by atoms with Crippen molar-refractivity contribution in [3.8, 4) is 0 Å². The normalized spacial score (nSPS) is 20.8. The van der Waals surface area contributed by atoms with Crippen LogP contribution in [0.5, 0.6) is 0 Å². The standard InChI is InChI=1S/C15H18N2O4S/c1-22(20,21)15-11-9-13-10(8-14(18)19)4-3-7-17(13)12(11)5-2-6-16-15/h5-6,9-10H,2-4,7-8H2,1H3,(H,18,19). The van der Waals surface area contributed by atoms with E-state index in [2.05, 4.69) is 9.56 Å². The smallest absolute Gasteiger partial charge is 0.304 e. The van der Waals surface area contributed by atoms with Crippen molar-refractivity contribution >= 4 is 33.1 Å². The van der Waals surface area contributed by atoms with E-state index in [9.17, 15) is 13.2 Å². The lowest BCUT2D eigenvalue weighted by atomic mass is 9.93. The fourth-order valence-electron chi connectivity index (χ4n) is 3.29. The second kappa shape index (κ2) is 5.39. The Morgan fingerprint density at radius 3 is 2.95 bits per heavy atom. The van der Waals surface area contributed by atoms with Crippen molar-refractivity contribution in [1.82, 2.24) is 4.57 Å². The minimum absolute atomic E-state index is 0.0698. The van der Waals surface area contributed by atoms with Gasteiger partial charge in [-0.25, -0.2) is 13.4 Å². The van der Waals surface area contributed by atoms with E-state index in [1.165, 1.54) is 0 Å². The highest BCUT2D eigenvalue weighted by Gasteiger charge is 2.25. The van der Waals surface area contributed by atoms with Gasteiger partial charge in [-0.05, 0) is 18.9 Å². The van der Waals surface area contributed by atoms with Gasteiger partial charge in [-0.3, -0.25) is 4.79 Å². The van der Waals surface area contributed by atoms with Crippen molar-refractivity contribution in [1.29, 1.82) is 0 Å². The molecule has 0 amide bonds. The van der Waals surface area contributed by atoms with Gasteiger partial charge in [0.2, 0.25) is 0 Å². The topological polar surface area (TPSA) is 88.7 Å². The molecular weight excluding hydrogens is 304 g/mol. The van der Waals surface area contributed by atoms with Crippen LogP contribution in [-0.2, 0) is 21.2 Å². The van der Waals surface area contributed by atoms with Gasteiger partial charge in [-0.15, -0.1) is 0 Å². The lowest BCUT2D eigenvalue weighted by Crippen LogP contribution is -2.33. The molecule has 1 N–H and O–H groups in total. The van der Waals surface area contributed by atoms with Crippen molar-refractivity contribution in [2.24, 2.45) is 4.99 Å². The molecule has 0 fully saturated rings. The number of carboxylic acids is 1. The fourth-order valence-corrected chi connectivity index (χ4v) is 4.12. The van der Waals surface area contributed by atoms with E-state index >= 15 is 0 Å². The summed E-state index contributed by atoms with van der Waals surface area (Å²) in [6.45, 7) is 0.786. The van der Waals surface area contributed by atoms with Crippen LogP contribution in [0.4, 0.5) is 0 Å². The van der Waals surface area contributed by atoms with Crippen molar-refractivity contribution in [2.45, 2.75) is 38.1 Å². The second-order valence-corrected chi connectivity index (χ2v) is 7.72. The predicted molar refractivity (Wildman–Crippen MR) is 83.7 cm³/mol. The first-order chi connectivity index (χ1) is 10.4. The Labute approximate surface area is 128 Å². The monoisotopic (exact) mass is 322 g/mol. The minimum atomic E-state index is -3.43. The average molecular weight is 322 g/mol. The summed E-state index contributed by atoms with van der Waals surface area (Å²) < 4.78 is 26.1. The molecule has 2 aliphatic heterocycles. The highest BCUT2D eigenvalue weighted by atomic mass is 32.2. The van der Waals surface area contributed by atoms with Crippen molar-refractivity contribution in [2.75, 3.05) is 6.26 Å². The van der Waals surface area contributed by atoms with Gasteiger partial charge < -0.3 is 9.67 Å². The molecule has 118 valence electrons. The van der Waals surface area contributed by atoms with E-state index in [1.807, 2.05) is 12.1 Å². The number of fused-ring (bicyclic) bond motifs is 3. The van der Waals surface area contributed by atoms with Crippen LogP contribution in [0, 0.1) is 0 Å². The Morgan fingerprint density at radius 2 is 2.27 bits per heavy atom. The number of aromatic nitrogens is 1. The number of sulfone groups is 1. The van der Waals surface area contributed by atoms with Gasteiger partial charge in [0.05, 0.1) is 6.42 Å². The molecule has 1 aromatic rings. The zero-order valence-electron chi connectivity index (χ0n) is 12.3. The van der Waals surface area contributed by atoms with E-state index in [4.69, 9.17) is 5.11 Å². The maximum absolute atomic E-state index is 12.0. The lowest BCUT2D eigenvalue weighted by molar-refractivity contribution is -0.137. The Balaban J connectivity index is 2.30. The first kappa shape index (κ1) is 15.0. The maximum Gasteiger partial charge on any atom is 0.304 e. The lowest BCUT2D eigenvalue weighted by Gasteiger charge is -2.23. The molecule has 0 saturated heterocycles. The van der Waals surface area contributed by atoms with Crippen molar-refractivity contribution in [3.63, 3.8) is 0 Å². The summed E-state index contributed by atoms with van der Waals surface area (Å²) in [7, 11) is -3.43. The molecule has 0 saturated carbocycles. The molecule has 1 unspecified atom stereocenters. The summed E-state index contributed by atoms with van der Waals surface area (Å²) in [4.78, 5) is 15.2. The number of aliphatic carboxylic acids is 1. The number of nitrogens with zero attached hydrogens (tertiary/aromatic N) is 2. The average Bonchev–Trinajstić information content (AvgIpc) is 2.63. The van der Waals surface area contributed by atoms with Crippen LogP contribution in [0.25, 0.3) is 11.1 Å². The van der Waals surface area contributed by atoms with Crippen molar-refractivity contribution in [3.05, 3.63) is 22.3 Å². The number of hydrogen-bond acceptors (Lipinski definition) is 4. The summed E-state index contributed by atoms with van der Waals surface area (Å²) >= 11 is 0. The SMILES string of the molecule is CS(=O)(=O)C1=c2cc3n(c2=CCC=N1)CCCC3CC(=O)O. The molecule has 22 heavy (non-hydrogen) atoms. The summed E-state index contributed by atoms with van der Waals surface area (Å²) in [5.41, 5.74) is 0.910. The van der Waals surface area contributed by atoms with Gasteiger partial charge in [0.1, 0.15) is 0 Å². The van der Waals surface area contributed by atoms with Crippen LogP contribution >= 0.6 is 0 Å². The van der Waals surface area contributed by atoms with Crippen molar-refractivity contribution < 1.29 is 18.3 Å². The molecule has 7 heteroatoms. The predicted octanol–water partition coefficient (Wildman–Crippen LogP) is 0.205. The van der Waals surface area contributed by atoms with Crippen LogP contribution in [0.3, 0.4) is 0 Å². The first-order valence-electron chi connectivity index (χ1n) is 7.26.